The van der Waals surface area contributed by atoms with Crippen molar-refractivity contribution >= 4 is 21.5 Å². The van der Waals surface area contributed by atoms with Crippen LogP contribution in [-0.2, 0) is 16.4 Å². The van der Waals surface area contributed by atoms with E-state index in [0.717, 1.165) is 11.5 Å². The van der Waals surface area contributed by atoms with Crippen molar-refractivity contribution < 1.29 is 8.42 Å². The Kier molecular flexibility index (Phi) is 4.53. The highest BCUT2D eigenvalue weighted by Crippen LogP contribution is 2.23. The first-order chi connectivity index (χ1) is 11.8. The van der Waals surface area contributed by atoms with Gasteiger partial charge in [-0.1, -0.05) is 17.7 Å². The van der Waals surface area contributed by atoms with Crippen molar-refractivity contribution in [2.45, 2.75) is 32.1 Å². The highest BCUT2D eigenvalue weighted by atomic mass is 32.2. The maximum Gasteiger partial charge on any atom is 0.238 e. The van der Waals surface area contributed by atoms with Crippen molar-refractivity contribution in [3.63, 3.8) is 0 Å². The lowest BCUT2D eigenvalue weighted by molar-refractivity contribution is 0.598. The minimum absolute atomic E-state index is 0.104. The van der Waals surface area contributed by atoms with E-state index in [2.05, 4.69) is 43.4 Å². The number of nitrogens with zero attached hydrogens (tertiary/aromatic N) is 2. The maximum absolute atomic E-state index is 11.4. The summed E-state index contributed by atoms with van der Waals surface area (Å²) in [4.78, 5) is 2.14. The van der Waals surface area contributed by atoms with Crippen molar-refractivity contribution in [3.05, 3.63) is 58.7 Å². The first kappa shape index (κ1) is 17.4. The molecule has 0 fully saturated rings. The van der Waals surface area contributed by atoms with Crippen LogP contribution in [0, 0.1) is 20.8 Å². The van der Waals surface area contributed by atoms with Crippen LogP contribution in [0.4, 0.5) is 5.69 Å². The molecule has 0 unspecified atom stereocenters. The molecule has 0 spiro atoms. The molecule has 0 aromatic heterocycles. The molecule has 6 nitrogen and oxygen atoms in total. The molecule has 2 aromatic rings. The molecular weight excluding hydrogens is 336 g/mol. The van der Waals surface area contributed by atoms with Crippen LogP contribution >= 0.6 is 0 Å². The van der Waals surface area contributed by atoms with E-state index in [1.807, 2.05) is 4.90 Å². The van der Waals surface area contributed by atoms with Crippen molar-refractivity contribution in [2.75, 3.05) is 11.6 Å². The summed E-state index contributed by atoms with van der Waals surface area (Å²) >= 11 is 0. The van der Waals surface area contributed by atoms with Gasteiger partial charge in [-0.25, -0.2) is 13.6 Å². The van der Waals surface area contributed by atoms with Crippen LogP contribution in [0.1, 0.15) is 22.3 Å². The summed E-state index contributed by atoms with van der Waals surface area (Å²) in [5.74, 6) is 0.901. The van der Waals surface area contributed by atoms with Crippen LogP contribution in [0.15, 0.2) is 46.4 Å². The Hall–Kier alpha value is -2.38. The van der Waals surface area contributed by atoms with E-state index in [-0.39, 0.29) is 4.90 Å². The average molecular weight is 358 g/mol. The lowest BCUT2D eigenvalue weighted by Crippen LogP contribution is -2.30. The number of hydrazone groups is 1. The number of amidine groups is 1. The van der Waals surface area contributed by atoms with Gasteiger partial charge in [-0.15, -0.1) is 0 Å². The van der Waals surface area contributed by atoms with Crippen LogP contribution in [0.3, 0.4) is 0 Å². The van der Waals surface area contributed by atoms with Gasteiger partial charge in [-0.2, -0.15) is 5.10 Å². The molecule has 7 heteroatoms. The molecule has 25 heavy (non-hydrogen) atoms. The van der Waals surface area contributed by atoms with E-state index in [4.69, 9.17) is 5.14 Å². The molecule has 0 atom stereocenters. The molecule has 0 bridgehead atoms. The first-order valence-electron chi connectivity index (χ1n) is 8.02. The number of nitrogens with one attached hydrogen (secondary N) is 1. The Bertz CT molecular complexity index is 911. The smallest absolute Gasteiger partial charge is 0.238 e. The molecule has 0 aliphatic carbocycles. The van der Waals surface area contributed by atoms with E-state index in [1.165, 1.54) is 34.4 Å². The fourth-order valence-corrected chi connectivity index (χ4v) is 3.70. The van der Waals surface area contributed by atoms with E-state index in [0.29, 0.717) is 13.1 Å². The van der Waals surface area contributed by atoms with Gasteiger partial charge < -0.3 is 4.90 Å². The maximum atomic E-state index is 11.4. The number of primary sulfonamides is 1. The first-order valence-corrected chi connectivity index (χ1v) is 9.57. The van der Waals surface area contributed by atoms with Gasteiger partial charge in [-0.3, -0.25) is 5.43 Å². The predicted molar refractivity (Wildman–Crippen MR) is 100 cm³/mol. The van der Waals surface area contributed by atoms with Gasteiger partial charge in [0.25, 0.3) is 0 Å². The van der Waals surface area contributed by atoms with E-state index < -0.39 is 10.0 Å². The molecule has 0 saturated carbocycles. The second kappa shape index (κ2) is 6.50. The van der Waals surface area contributed by atoms with Gasteiger partial charge in [0, 0.05) is 12.1 Å². The van der Waals surface area contributed by atoms with Crippen LogP contribution in [0.25, 0.3) is 0 Å². The summed E-state index contributed by atoms with van der Waals surface area (Å²) in [5, 5.41) is 9.57. The molecule has 0 saturated heterocycles. The van der Waals surface area contributed by atoms with Gasteiger partial charge in [0.05, 0.1) is 4.90 Å². The number of sulfonamides is 1. The third-order valence-electron chi connectivity index (χ3n) is 4.40. The van der Waals surface area contributed by atoms with Crippen molar-refractivity contribution in [3.8, 4) is 0 Å². The van der Waals surface area contributed by atoms with Gasteiger partial charge in [0.1, 0.15) is 12.5 Å². The number of benzene rings is 2. The van der Waals surface area contributed by atoms with Crippen LogP contribution in [-0.4, -0.2) is 20.9 Å². The Balaban J connectivity index is 1.86. The molecule has 132 valence electrons. The van der Waals surface area contributed by atoms with Crippen LogP contribution in [0.5, 0.6) is 0 Å². The van der Waals surface area contributed by atoms with Gasteiger partial charge >= 0.3 is 0 Å². The molecule has 2 aromatic carbocycles. The number of anilines is 1. The zero-order valence-electron chi connectivity index (χ0n) is 14.6. The summed E-state index contributed by atoms with van der Waals surface area (Å²) in [6, 6.07) is 10.9. The minimum Gasteiger partial charge on any atom is -0.309 e. The van der Waals surface area contributed by atoms with Crippen molar-refractivity contribution in [1.82, 2.24) is 5.43 Å². The summed E-state index contributed by atoms with van der Waals surface area (Å²) in [6.45, 7) is 6.87. The summed E-state index contributed by atoms with van der Waals surface area (Å²) in [6.07, 6.45) is 0.710. The molecular formula is C18H22N4O2S. The zero-order valence-corrected chi connectivity index (χ0v) is 15.4. The normalized spacial score (nSPS) is 14.4. The second-order valence-corrected chi connectivity index (χ2v) is 7.93. The minimum atomic E-state index is -3.68. The number of rotatable bonds is 4. The quantitative estimate of drug-likeness (QED) is 0.877. The lowest BCUT2D eigenvalue weighted by Gasteiger charge is -2.21. The van der Waals surface area contributed by atoms with Gasteiger partial charge in [0.15, 0.2) is 0 Å². The van der Waals surface area contributed by atoms with Gasteiger partial charge in [0.2, 0.25) is 10.0 Å². The van der Waals surface area contributed by atoms with Gasteiger partial charge in [-0.05, 0) is 61.7 Å². The summed E-state index contributed by atoms with van der Waals surface area (Å²) < 4.78 is 22.8. The average Bonchev–Trinajstić information content (AvgIpc) is 2.98. The second-order valence-electron chi connectivity index (χ2n) is 6.37. The third kappa shape index (κ3) is 3.67. The highest BCUT2D eigenvalue weighted by Gasteiger charge is 2.21. The molecule has 1 aliphatic heterocycles. The van der Waals surface area contributed by atoms with Crippen molar-refractivity contribution in [2.24, 2.45) is 10.2 Å². The van der Waals surface area contributed by atoms with Crippen LogP contribution < -0.4 is 15.5 Å². The monoisotopic (exact) mass is 358 g/mol. The highest BCUT2D eigenvalue weighted by molar-refractivity contribution is 7.89. The zero-order chi connectivity index (χ0) is 18.2. The Labute approximate surface area is 148 Å². The predicted octanol–water partition coefficient (Wildman–Crippen LogP) is 2.18. The number of aryl methyl sites for hydroxylation is 3. The third-order valence-corrected chi connectivity index (χ3v) is 5.33. The molecule has 3 N–H and O–H groups in total. The Morgan fingerprint density at radius 2 is 1.72 bits per heavy atom. The SMILES string of the molecule is Cc1cc(C)c(CC2=NNCN2c2ccc(S(N)(=O)=O)cc2)c(C)c1. The Morgan fingerprint density at radius 1 is 1.12 bits per heavy atom. The fraction of sp³-hybridized carbons (Fsp3) is 0.278. The van der Waals surface area contributed by atoms with Crippen LogP contribution in [0.2, 0.25) is 0 Å². The summed E-state index contributed by atoms with van der Waals surface area (Å²) in [5.41, 5.74) is 8.89. The molecule has 0 amide bonds. The number of hydrogen-bond donors (Lipinski definition) is 2. The fourth-order valence-electron chi connectivity index (χ4n) is 3.19. The molecule has 1 aliphatic rings. The van der Waals surface area contributed by atoms with Crippen molar-refractivity contribution in [1.29, 1.82) is 0 Å². The van der Waals surface area contributed by atoms with E-state index >= 15 is 0 Å². The number of hydrogen-bond acceptors (Lipinski definition) is 5. The van der Waals surface area contributed by atoms with E-state index in [9.17, 15) is 8.42 Å². The molecule has 3 rings (SSSR count). The standard InChI is InChI=1S/C18H22N4O2S/c1-12-8-13(2)17(14(3)9-12)10-18-21-20-11-22(18)15-4-6-16(7-5-15)25(19,23)24/h4-9,20H,10-11H2,1-3H3,(H2,19,23,24). The molecule has 1 heterocycles. The Morgan fingerprint density at radius 3 is 2.28 bits per heavy atom. The van der Waals surface area contributed by atoms with E-state index in [1.54, 1.807) is 12.1 Å². The molecule has 0 radical (unpaired) electrons. The topological polar surface area (TPSA) is 87.8 Å². The number of nitrogens with two attached hydrogens (primary N) is 1. The largest absolute Gasteiger partial charge is 0.309 e. The summed E-state index contributed by atoms with van der Waals surface area (Å²) in [7, 11) is -3.68. The lowest BCUT2D eigenvalue weighted by atomic mass is 9.97.